The van der Waals surface area contributed by atoms with Gasteiger partial charge >= 0.3 is 0 Å². The van der Waals surface area contributed by atoms with Gasteiger partial charge in [0.2, 0.25) is 0 Å². The van der Waals surface area contributed by atoms with Crippen LogP contribution in [-0.2, 0) is 4.74 Å². The highest BCUT2D eigenvalue weighted by Crippen LogP contribution is 2.23. The molecule has 2 fully saturated rings. The molecule has 22 heavy (non-hydrogen) atoms. The molecule has 2 saturated heterocycles. The van der Waals surface area contributed by atoms with Crippen LogP contribution in [0.5, 0.6) is 0 Å². The van der Waals surface area contributed by atoms with E-state index in [1.165, 1.54) is 0 Å². The molecular weight excluding hydrogens is 278 g/mol. The van der Waals surface area contributed by atoms with Crippen molar-refractivity contribution in [1.82, 2.24) is 10.2 Å². The fraction of sp³-hybridized carbons (Fsp3) is 0.588. The van der Waals surface area contributed by atoms with E-state index in [4.69, 9.17) is 4.74 Å². The van der Waals surface area contributed by atoms with E-state index < -0.39 is 0 Å². The fourth-order valence-corrected chi connectivity index (χ4v) is 3.34. The summed E-state index contributed by atoms with van der Waals surface area (Å²) in [4.78, 5) is 16.9. The maximum Gasteiger partial charge on any atom is 0.251 e. The van der Waals surface area contributed by atoms with Crippen LogP contribution in [0.1, 0.15) is 23.7 Å². The summed E-state index contributed by atoms with van der Waals surface area (Å²) in [6.07, 6.45) is 1.27. The summed E-state index contributed by atoms with van der Waals surface area (Å²) >= 11 is 0. The standard InChI is InChI=1S/C17H25N3O2/c1-12-9-20-10-14(8-16(20)11-22-12)18-17(21)13-5-4-6-15(7-13)19(2)3/h4-7,12,14,16H,8-11H2,1-3H3,(H,18,21)/t12-,14-,16+/m1/s1. The van der Waals surface area contributed by atoms with Gasteiger partial charge in [0.15, 0.2) is 0 Å². The first-order chi connectivity index (χ1) is 10.5. The zero-order valence-corrected chi connectivity index (χ0v) is 13.6. The lowest BCUT2D eigenvalue weighted by molar-refractivity contribution is -0.0390. The van der Waals surface area contributed by atoms with E-state index in [0.717, 1.165) is 37.4 Å². The Balaban J connectivity index is 1.62. The van der Waals surface area contributed by atoms with Crippen molar-refractivity contribution in [3.05, 3.63) is 29.8 Å². The molecule has 5 nitrogen and oxygen atoms in total. The van der Waals surface area contributed by atoms with Gasteiger partial charge in [-0.2, -0.15) is 0 Å². The molecule has 2 heterocycles. The molecule has 0 unspecified atom stereocenters. The van der Waals surface area contributed by atoms with Gasteiger partial charge in [-0.25, -0.2) is 0 Å². The third kappa shape index (κ3) is 3.25. The number of carbonyl (C=O) groups excluding carboxylic acids is 1. The van der Waals surface area contributed by atoms with Crippen LogP contribution in [0.4, 0.5) is 5.69 Å². The highest BCUT2D eigenvalue weighted by molar-refractivity contribution is 5.95. The van der Waals surface area contributed by atoms with E-state index in [-0.39, 0.29) is 11.9 Å². The van der Waals surface area contributed by atoms with Gasteiger partial charge in [-0.05, 0) is 31.5 Å². The molecule has 0 spiro atoms. The lowest BCUT2D eigenvalue weighted by Gasteiger charge is -2.33. The zero-order valence-electron chi connectivity index (χ0n) is 13.6. The van der Waals surface area contributed by atoms with E-state index >= 15 is 0 Å². The first-order valence-corrected chi connectivity index (χ1v) is 7.97. The lowest BCUT2D eigenvalue weighted by Crippen LogP contribution is -2.45. The molecule has 3 rings (SSSR count). The predicted octanol–water partition coefficient (Wildman–Crippen LogP) is 1.34. The van der Waals surface area contributed by atoms with E-state index in [1.54, 1.807) is 0 Å². The van der Waals surface area contributed by atoms with Crippen LogP contribution in [0.15, 0.2) is 24.3 Å². The Kier molecular flexibility index (Phi) is 4.36. The van der Waals surface area contributed by atoms with Crippen LogP contribution in [0.25, 0.3) is 0 Å². The zero-order chi connectivity index (χ0) is 15.7. The highest BCUT2D eigenvalue weighted by Gasteiger charge is 2.36. The molecule has 2 aliphatic rings. The van der Waals surface area contributed by atoms with Gasteiger partial charge in [-0.3, -0.25) is 9.69 Å². The maximum absolute atomic E-state index is 12.5. The van der Waals surface area contributed by atoms with Crippen molar-refractivity contribution in [2.24, 2.45) is 0 Å². The van der Waals surface area contributed by atoms with Crippen LogP contribution < -0.4 is 10.2 Å². The monoisotopic (exact) mass is 303 g/mol. The summed E-state index contributed by atoms with van der Waals surface area (Å²) in [5.74, 6) is 0.0162. The molecule has 0 saturated carbocycles. The van der Waals surface area contributed by atoms with Gasteiger partial charge < -0.3 is 15.0 Å². The minimum absolute atomic E-state index is 0.0162. The molecule has 120 valence electrons. The summed E-state index contributed by atoms with van der Waals surface area (Å²) in [6, 6.07) is 8.41. The Hall–Kier alpha value is -1.59. The molecule has 0 aliphatic carbocycles. The third-order valence-electron chi connectivity index (χ3n) is 4.55. The summed E-state index contributed by atoms with van der Waals surface area (Å²) < 4.78 is 5.71. The minimum Gasteiger partial charge on any atom is -0.378 e. The second-order valence-corrected chi connectivity index (χ2v) is 6.60. The topological polar surface area (TPSA) is 44.8 Å². The number of hydrogen-bond donors (Lipinski definition) is 1. The largest absolute Gasteiger partial charge is 0.378 e. The molecule has 1 N–H and O–H groups in total. The number of benzene rings is 1. The number of morpholine rings is 1. The number of nitrogens with one attached hydrogen (secondary N) is 1. The number of nitrogens with zero attached hydrogens (tertiary/aromatic N) is 2. The summed E-state index contributed by atoms with van der Waals surface area (Å²) in [5, 5.41) is 3.18. The Morgan fingerprint density at radius 2 is 2.18 bits per heavy atom. The van der Waals surface area contributed by atoms with E-state index in [9.17, 15) is 4.79 Å². The smallest absolute Gasteiger partial charge is 0.251 e. The molecule has 1 aromatic rings. The van der Waals surface area contributed by atoms with Crippen LogP contribution in [-0.4, -0.2) is 62.8 Å². The first kappa shape index (κ1) is 15.3. The molecule has 3 atom stereocenters. The van der Waals surface area contributed by atoms with Crippen LogP contribution in [0, 0.1) is 0 Å². The molecule has 5 heteroatoms. The molecule has 1 aromatic carbocycles. The van der Waals surface area contributed by atoms with Gasteiger partial charge in [0.25, 0.3) is 5.91 Å². The lowest BCUT2D eigenvalue weighted by atomic mass is 10.1. The van der Waals surface area contributed by atoms with Crippen molar-refractivity contribution < 1.29 is 9.53 Å². The van der Waals surface area contributed by atoms with E-state index in [2.05, 4.69) is 17.1 Å². The maximum atomic E-state index is 12.5. The van der Waals surface area contributed by atoms with E-state index in [0.29, 0.717) is 12.1 Å². The second kappa shape index (κ2) is 6.26. The summed E-state index contributed by atoms with van der Waals surface area (Å²) in [6.45, 7) is 4.78. The molecule has 0 aromatic heterocycles. The summed E-state index contributed by atoms with van der Waals surface area (Å²) in [7, 11) is 3.96. The van der Waals surface area contributed by atoms with Gasteiger partial charge in [0.1, 0.15) is 0 Å². The molecule has 1 amide bonds. The van der Waals surface area contributed by atoms with Gasteiger partial charge in [0.05, 0.1) is 12.7 Å². The number of anilines is 1. The summed E-state index contributed by atoms with van der Waals surface area (Å²) in [5.41, 5.74) is 1.76. The van der Waals surface area contributed by atoms with Crippen molar-refractivity contribution in [2.45, 2.75) is 31.5 Å². The van der Waals surface area contributed by atoms with Gasteiger partial charge in [-0.1, -0.05) is 6.07 Å². The van der Waals surface area contributed by atoms with Crippen molar-refractivity contribution in [3.8, 4) is 0 Å². The average Bonchev–Trinajstić information content (AvgIpc) is 2.88. The Morgan fingerprint density at radius 1 is 1.36 bits per heavy atom. The number of fused-ring (bicyclic) bond motifs is 1. The van der Waals surface area contributed by atoms with Gasteiger partial charge in [-0.15, -0.1) is 0 Å². The molecular formula is C17H25N3O2. The number of hydrogen-bond acceptors (Lipinski definition) is 4. The Bertz CT molecular complexity index is 546. The third-order valence-corrected chi connectivity index (χ3v) is 4.55. The average molecular weight is 303 g/mol. The Morgan fingerprint density at radius 3 is 2.95 bits per heavy atom. The van der Waals surface area contributed by atoms with Crippen LogP contribution in [0.3, 0.4) is 0 Å². The van der Waals surface area contributed by atoms with Crippen LogP contribution in [0.2, 0.25) is 0 Å². The number of amides is 1. The van der Waals surface area contributed by atoms with Gasteiger partial charge in [0, 0.05) is 50.5 Å². The van der Waals surface area contributed by atoms with Crippen molar-refractivity contribution in [3.63, 3.8) is 0 Å². The molecule has 0 radical (unpaired) electrons. The second-order valence-electron chi connectivity index (χ2n) is 6.60. The normalized spacial score (nSPS) is 28.2. The van der Waals surface area contributed by atoms with E-state index in [1.807, 2.05) is 43.3 Å². The first-order valence-electron chi connectivity index (χ1n) is 7.97. The minimum atomic E-state index is 0.0162. The predicted molar refractivity (Wildman–Crippen MR) is 87.4 cm³/mol. The number of rotatable bonds is 3. The van der Waals surface area contributed by atoms with Crippen LogP contribution >= 0.6 is 0 Å². The number of ether oxygens (including phenoxy) is 1. The molecule has 2 aliphatic heterocycles. The Labute approximate surface area is 132 Å². The van der Waals surface area contributed by atoms with Crippen molar-refractivity contribution in [2.75, 3.05) is 38.7 Å². The quantitative estimate of drug-likeness (QED) is 0.915. The highest BCUT2D eigenvalue weighted by atomic mass is 16.5. The van der Waals surface area contributed by atoms with Crippen molar-refractivity contribution in [1.29, 1.82) is 0 Å². The SMILES string of the molecule is C[C@@H]1CN2C[C@H](NC(=O)c3cccc(N(C)C)c3)C[C@H]2CO1. The fourth-order valence-electron chi connectivity index (χ4n) is 3.34. The molecule has 0 bridgehead atoms. The number of carbonyl (C=O) groups is 1. The van der Waals surface area contributed by atoms with Crippen molar-refractivity contribution >= 4 is 11.6 Å².